The average molecular weight is 511 g/mol. The molecule has 2 heterocycles. The van der Waals surface area contributed by atoms with E-state index in [1.807, 2.05) is 18.5 Å². The number of aromatic nitrogens is 3. The smallest absolute Gasteiger partial charge is 0.409 e. The summed E-state index contributed by atoms with van der Waals surface area (Å²) in [5.41, 5.74) is 5.32. The number of nitrogens with zero attached hydrogens (tertiary/aromatic N) is 2. The molecule has 9 heteroatoms. The van der Waals surface area contributed by atoms with E-state index in [0.29, 0.717) is 23.1 Å². The Hall–Kier alpha value is -4.40. The SMILES string of the molecule is O=C(O)Nc1ccc(C(=O)N[C@H]2CCC[C@@H](Nc3ncc(C4CC4)c(-c4c[nH]c5ccccc45)n3)C2)cc1. The highest BCUT2D eigenvalue weighted by Crippen LogP contribution is 2.45. The molecule has 38 heavy (non-hydrogen) atoms. The quantitative estimate of drug-likeness (QED) is 0.215. The van der Waals surface area contributed by atoms with Crippen LogP contribution in [0.4, 0.5) is 16.4 Å². The number of nitrogens with one attached hydrogen (secondary N) is 4. The summed E-state index contributed by atoms with van der Waals surface area (Å²) < 4.78 is 0. The molecular formula is C29H30N6O3. The molecule has 2 amide bonds. The highest BCUT2D eigenvalue weighted by atomic mass is 16.4. The Morgan fingerprint density at radius 2 is 1.76 bits per heavy atom. The van der Waals surface area contributed by atoms with Gasteiger partial charge in [0.15, 0.2) is 0 Å². The maximum Gasteiger partial charge on any atom is 0.409 e. The minimum atomic E-state index is -1.14. The fourth-order valence-electron chi connectivity index (χ4n) is 5.37. The van der Waals surface area contributed by atoms with Gasteiger partial charge in [0.2, 0.25) is 5.95 Å². The molecule has 9 nitrogen and oxygen atoms in total. The van der Waals surface area contributed by atoms with E-state index in [1.54, 1.807) is 24.3 Å². The normalized spacial score (nSPS) is 19.2. The van der Waals surface area contributed by atoms with Crippen LogP contribution >= 0.6 is 0 Å². The summed E-state index contributed by atoms with van der Waals surface area (Å²) in [7, 11) is 0. The molecule has 5 N–H and O–H groups in total. The van der Waals surface area contributed by atoms with Crippen molar-refractivity contribution in [2.75, 3.05) is 10.6 Å². The van der Waals surface area contributed by atoms with Crippen molar-refractivity contribution in [3.63, 3.8) is 0 Å². The lowest BCUT2D eigenvalue weighted by atomic mass is 9.91. The number of rotatable bonds is 7. The molecule has 0 bridgehead atoms. The summed E-state index contributed by atoms with van der Waals surface area (Å²) in [4.78, 5) is 36.6. The third-order valence-electron chi connectivity index (χ3n) is 7.42. The van der Waals surface area contributed by atoms with Crippen LogP contribution in [0.25, 0.3) is 22.2 Å². The van der Waals surface area contributed by atoms with Crippen molar-refractivity contribution in [2.45, 2.75) is 56.5 Å². The molecule has 2 saturated carbocycles. The zero-order valence-electron chi connectivity index (χ0n) is 20.9. The predicted molar refractivity (Wildman–Crippen MR) is 147 cm³/mol. The maximum atomic E-state index is 12.8. The lowest BCUT2D eigenvalue weighted by molar-refractivity contribution is 0.0926. The first-order valence-electron chi connectivity index (χ1n) is 13.1. The minimum absolute atomic E-state index is 0.0318. The topological polar surface area (TPSA) is 132 Å². The largest absolute Gasteiger partial charge is 0.465 e. The molecule has 6 rings (SSSR count). The molecule has 2 atom stereocenters. The summed E-state index contributed by atoms with van der Waals surface area (Å²) in [6, 6.07) is 14.9. The Balaban J connectivity index is 1.14. The number of anilines is 2. The highest BCUT2D eigenvalue weighted by molar-refractivity contribution is 5.96. The van der Waals surface area contributed by atoms with E-state index < -0.39 is 6.09 Å². The molecule has 0 aliphatic heterocycles. The number of benzene rings is 2. The molecule has 4 aromatic rings. The molecule has 194 valence electrons. The van der Waals surface area contributed by atoms with E-state index in [4.69, 9.17) is 10.1 Å². The number of aromatic amines is 1. The number of para-hydroxylation sites is 1. The molecule has 2 aromatic heterocycles. The van der Waals surface area contributed by atoms with Gasteiger partial charge in [0.25, 0.3) is 5.91 Å². The molecule has 2 fully saturated rings. The summed E-state index contributed by atoms with van der Waals surface area (Å²) in [5, 5.41) is 18.9. The van der Waals surface area contributed by atoms with Gasteiger partial charge in [-0.15, -0.1) is 0 Å². The lowest BCUT2D eigenvalue weighted by Gasteiger charge is -2.30. The van der Waals surface area contributed by atoms with Gasteiger partial charge in [-0.3, -0.25) is 10.1 Å². The molecular weight excluding hydrogens is 480 g/mol. The second-order valence-corrected chi connectivity index (χ2v) is 10.2. The number of carbonyl (C=O) groups excluding carboxylic acids is 1. The summed E-state index contributed by atoms with van der Waals surface area (Å²) in [6.45, 7) is 0. The predicted octanol–water partition coefficient (Wildman–Crippen LogP) is 5.75. The number of fused-ring (bicyclic) bond motifs is 1. The van der Waals surface area contributed by atoms with Crippen LogP contribution in [-0.2, 0) is 0 Å². The van der Waals surface area contributed by atoms with Crippen molar-refractivity contribution >= 4 is 34.5 Å². The molecule has 2 aliphatic rings. The Morgan fingerprint density at radius 1 is 0.974 bits per heavy atom. The van der Waals surface area contributed by atoms with Crippen LogP contribution in [0.1, 0.15) is 60.4 Å². The van der Waals surface area contributed by atoms with Crippen molar-refractivity contribution in [2.24, 2.45) is 0 Å². The molecule has 0 spiro atoms. The van der Waals surface area contributed by atoms with Gasteiger partial charge >= 0.3 is 6.09 Å². The van der Waals surface area contributed by atoms with Crippen LogP contribution in [0.5, 0.6) is 0 Å². The number of hydrogen-bond acceptors (Lipinski definition) is 5. The second kappa shape index (κ2) is 10.2. The Bertz CT molecular complexity index is 1480. The van der Waals surface area contributed by atoms with Gasteiger partial charge in [0.05, 0.1) is 5.69 Å². The van der Waals surface area contributed by atoms with Crippen LogP contribution in [0.2, 0.25) is 0 Å². The van der Waals surface area contributed by atoms with Gasteiger partial charge in [-0.05, 0) is 74.8 Å². The summed E-state index contributed by atoms with van der Waals surface area (Å²) >= 11 is 0. The highest BCUT2D eigenvalue weighted by Gasteiger charge is 2.30. The van der Waals surface area contributed by atoms with Gasteiger partial charge in [-0.1, -0.05) is 18.2 Å². The number of hydrogen-bond donors (Lipinski definition) is 5. The first-order valence-corrected chi connectivity index (χ1v) is 13.1. The van der Waals surface area contributed by atoms with Crippen LogP contribution in [0.15, 0.2) is 60.9 Å². The average Bonchev–Trinajstić information content (AvgIpc) is 3.67. The molecule has 0 saturated heterocycles. The van der Waals surface area contributed by atoms with E-state index in [0.717, 1.165) is 47.8 Å². The standard InChI is InChI=1S/C29H30N6O3/c36-27(18-10-12-19(13-11-18)34-29(37)38)32-20-4-3-5-21(14-20)33-28-31-15-23(17-8-9-17)26(35-28)24-16-30-25-7-2-1-6-22(24)25/h1-2,6-7,10-13,15-17,20-21,30,34H,3-5,8-9,14H2,(H,32,36)(H,37,38)(H,31,33,35)/t20-,21+/m0/s1. The molecule has 0 unspecified atom stereocenters. The number of amides is 2. The Morgan fingerprint density at radius 3 is 2.55 bits per heavy atom. The number of carbonyl (C=O) groups is 2. The van der Waals surface area contributed by atoms with Crippen molar-refractivity contribution in [1.82, 2.24) is 20.3 Å². The molecule has 2 aliphatic carbocycles. The van der Waals surface area contributed by atoms with Gasteiger partial charge < -0.3 is 20.7 Å². The fraction of sp³-hybridized carbons (Fsp3) is 0.310. The van der Waals surface area contributed by atoms with Gasteiger partial charge in [0, 0.05) is 57.8 Å². The monoisotopic (exact) mass is 510 g/mol. The number of H-pyrrole nitrogens is 1. The van der Waals surface area contributed by atoms with E-state index in [2.05, 4.69) is 44.1 Å². The number of carboxylic acid groups (broad SMARTS) is 1. The van der Waals surface area contributed by atoms with Gasteiger partial charge in [-0.2, -0.15) is 0 Å². The van der Waals surface area contributed by atoms with Crippen LogP contribution in [-0.4, -0.2) is 44.1 Å². The second-order valence-electron chi connectivity index (χ2n) is 10.2. The third-order valence-corrected chi connectivity index (χ3v) is 7.42. The van der Waals surface area contributed by atoms with Crippen LogP contribution in [0, 0.1) is 0 Å². The van der Waals surface area contributed by atoms with Gasteiger partial charge in [0.1, 0.15) is 0 Å². The van der Waals surface area contributed by atoms with Crippen LogP contribution < -0.4 is 16.0 Å². The Labute approximate surface area is 220 Å². The van der Waals surface area contributed by atoms with E-state index in [9.17, 15) is 9.59 Å². The summed E-state index contributed by atoms with van der Waals surface area (Å²) in [6.07, 6.45) is 8.89. The van der Waals surface area contributed by atoms with Crippen molar-refractivity contribution in [3.8, 4) is 11.3 Å². The zero-order valence-corrected chi connectivity index (χ0v) is 20.9. The zero-order chi connectivity index (χ0) is 26.1. The lowest BCUT2D eigenvalue weighted by Crippen LogP contribution is -2.42. The van der Waals surface area contributed by atoms with Crippen molar-refractivity contribution in [1.29, 1.82) is 0 Å². The first kappa shape index (κ1) is 24.0. The molecule has 2 aromatic carbocycles. The van der Waals surface area contributed by atoms with Crippen molar-refractivity contribution < 1.29 is 14.7 Å². The first-order chi connectivity index (χ1) is 18.5. The van der Waals surface area contributed by atoms with E-state index in [1.165, 1.54) is 18.4 Å². The van der Waals surface area contributed by atoms with E-state index in [-0.39, 0.29) is 18.0 Å². The minimum Gasteiger partial charge on any atom is -0.465 e. The third kappa shape index (κ3) is 5.18. The van der Waals surface area contributed by atoms with Gasteiger partial charge in [-0.25, -0.2) is 14.8 Å². The fourth-order valence-corrected chi connectivity index (χ4v) is 5.37. The van der Waals surface area contributed by atoms with Crippen molar-refractivity contribution in [3.05, 3.63) is 72.1 Å². The maximum absolute atomic E-state index is 12.8. The van der Waals surface area contributed by atoms with Crippen LogP contribution in [0.3, 0.4) is 0 Å². The Kier molecular flexibility index (Phi) is 6.41. The summed E-state index contributed by atoms with van der Waals surface area (Å²) in [5.74, 6) is 0.980. The van der Waals surface area contributed by atoms with E-state index >= 15 is 0 Å². The molecule has 0 radical (unpaired) electrons.